The maximum Gasteiger partial charge on any atom is 0.352 e. The Morgan fingerprint density at radius 2 is 1.54 bits per heavy atom. The molecule has 2 heterocycles. The fourth-order valence-corrected chi connectivity index (χ4v) is 5.95. The van der Waals surface area contributed by atoms with Crippen molar-refractivity contribution in [1.29, 1.82) is 0 Å². The van der Waals surface area contributed by atoms with Crippen LogP contribution in [-0.4, -0.2) is 104 Å². The molecule has 46 heavy (non-hydrogen) atoms. The molecule has 0 radical (unpaired) electrons. The van der Waals surface area contributed by atoms with Gasteiger partial charge in [0, 0.05) is 38.6 Å². The fraction of sp³-hybridized carbons (Fsp3) is 0.419. The Labute approximate surface area is 262 Å². The summed E-state index contributed by atoms with van der Waals surface area (Å²) in [7, 11) is 0. The highest BCUT2D eigenvalue weighted by Gasteiger charge is 2.59. The Balaban J connectivity index is 1.47. The number of nitrogens with one attached hydrogen (secondary N) is 2. The molecule has 2 aliphatic rings. The maximum atomic E-state index is 14.4. The van der Waals surface area contributed by atoms with Gasteiger partial charge in [0.05, 0.1) is 29.2 Å². The number of carboxylic acids is 1. The smallest absolute Gasteiger partial charge is 0.352 e. The number of aliphatic carboxylic acids is 1. The number of hydrogen-bond acceptors (Lipinski definition) is 9. The second kappa shape index (κ2) is 13.7. The van der Waals surface area contributed by atoms with E-state index in [0.29, 0.717) is 5.57 Å². The lowest BCUT2D eigenvalue weighted by Gasteiger charge is -2.46. The van der Waals surface area contributed by atoms with Gasteiger partial charge >= 0.3 is 5.97 Å². The van der Waals surface area contributed by atoms with Crippen molar-refractivity contribution in [2.24, 2.45) is 11.8 Å². The van der Waals surface area contributed by atoms with E-state index in [1.807, 2.05) is 0 Å². The van der Waals surface area contributed by atoms with Gasteiger partial charge in [0.15, 0.2) is 28.9 Å². The van der Waals surface area contributed by atoms with E-state index in [-0.39, 0.29) is 56.0 Å². The van der Waals surface area contributed by atoms with Crippen LogP contribution in [0.15, 0.2) is 35.5 Å². The molecule has 0 aromatic heterocycles. The van der Waals surface area contributed by atoms with E-state index in [1.165, 1.54) is 30.9 Å². The molecule has 15 heteroatoms. The maximum absolute atomic E-state index is 14.4. The van der Waals surface area contributed by atoms with Gasteiger partial charge in [0.25, 0.3) is 11.8 Å². The van der Waals surface area contributed by atoms with Crippen LogP contribution in [0.1, 0.15) is 46.5 Å². The molecule has 0 aliphatic carbocycles. The average molecular weight is 647 g/mol. The van der Waals surface area contributed by atoms with Gasteiger partial charge in [0.2, 0.25) is 5.91 Å². The molecule has 0 saturated carbocycles. The van der Waals surface area contributed by atoms with Crippen molar-refractivity contribution in [3.05, 3.63) is 63.9 Å². The van der Waals surface area contributed by atoms with Gasteiger partial charge in [-0.2, -0.15) is 0 Å². The molecule has 4 rings (SSSR count). The number of fused-ring (bicyclic) bond motifs is 1. The first-order valence-corrected chi connectivity index (χ1v) is 14.6. The molecular formula is C31H36F2N4O9. The zero-order valence-electron chi connectivity index (χ0n) is 25.4. The number of carboxylic acid groups (broad SMARTS) is 1. The summed E-state index contributed by atoms with van der Waals surface area (Å²) in [6.45, 7) is 5.08. The third-order valence-electron chi connectivity index (χ3n) is 8.46. The molecule has 0 unspecified atom stereocenters. The molecule has 0 spiro atoms. The topological polar surface area (TPSA) is 200 Å². The molecule has 1 saturated heterocycles. The number of aryl methyl sites for hydroxylation is 1. The van der Waals surface area contributed by atoms with Crippen molar-refractivity contribution in [1.82, 2.24) is 20.4 Å². The monoisotopic (exact) mass is 646 g/mol. The number of halogens is 2. The molecule has 248 valence electrons. The molecule has 4 atom stereocenters. The van der Waals surface area contributed by atoms with Crippen molar-refractivity contribution >= 4 is 23.7 Å². The summed E-state index contributed by atoms with van der Waals surface area (Å²) in [5, 5.41) is 54.1. The highest BCUT2D eigenvalue weighted by atomic mass is 19.1. The Morgan fingerprint density at radius 1 is 0.957 bits per heavy atom. The van der Waals surface area contributed by atoms with Crippen LogP contribution in [0.25, 0.3) is 0 Å². The fourth-order valence-electron chi connectivity index (χ4n) is 5.95. The second-order valence-electron chi connectivity index (χ2n) is 11.5. The Kier molecular flexibility index (Phi) is 10.2. The summed E-state index contributed by atoms with van der Waals surface area (Å²) in [6, 6.07) is 4.07. The number of rotatable bonds is 13. The van der Waals surface area contributed by atoms with Crippen LogP contribution < -0.4 is 10.6 Å². The van der Waals surface area contributed by atoms with Crippen LogP contribution in [0.2, 0.25) is 0 Å². The number of aliphatic hydroxyl groups is 1. The van der Waals surface area contributed by atoms with Crippen molar-refractivity contribution in [2.45, 2.75) is 39.3 Å². The summed E-state index contributed by atoms with van der Waals surface area (Å²) in [6.07, 6.45) is -0.702. The van der Waals surface area contributed by atoms with Crippen molar-refractivity contribution < 1.29 is 53.5 Å². The number of phenolic OH excluding ortho intramolecular Hbond substituents is 3. The van der Waals surface area contributed by atoms with Crippen LogP contribution in [0.4, 0.5) is 8.78 Å². The van der Waals surface area contributed by atoms with E-state index in [2.05, 4.69) is 10.6 Å². The number of phenols is 3. The molecule has 1 fully saturated rings. The average Bonchev–Trinajstić information content (AvgIpc) is 3.23. The van der Waals surface area contributed by atoms with Crippen molar-refractivity contribution in [3.8, 4) is 17.2 Å². The van der Waals surface area contributed by atoms with Crippen molar-refractivity contribution in [2.75, 3.05) is 32.7 Å². The lowest BCUT2D eigenvalue weighted by Crippen LogP contribution is -2.63. The number of hydrogen-bond donors (Lipinski definition) is 7. The number of benzene rings is 2. The van der Waals surface area contributed by atoms with Gasteiger partial charge in [-0.25, -0.2) is 13.6 Å². The van der Waals surface area contributed by atoms with Gasteiger partial charge in [-0.05, 0) is 49.6 Å². The molecule has 2 aromatic rings. The molecule has 2 aliphatic heterocycles. The summed E-state index contributed by atoms with van der Waals surface area (Å²) in [5.74, 6) is -9.41. The van der Waals surface area contributed by atoms with E-state index in [4.69, 9.17) is 0 Å². The number of amides is 3. The molecule has 7 N–H and O–H groups in total. The van der Waals surface area contributed by atoms with Crippen LogP contribution in [0.5, 0.6) is 17.2 Å². The van der Waals surface area contributed by atoms with Gasteiger partial charge < -0.3 is 41.1 Å². The molecular weight excluding hydrogens is 610 g/mol. The van der Waals surface area contributed by atoms with E-state index in [0.717, 1.165) is 12.1 Å². The Hall–Kier alpha value is -4.76. The molecule has 0 bridgehead atoms. The number of aliphatic hydroxyl groups excluding tert-OH is 1. The van der Waals surface area contributed by atoms with Gasteiger partial charge in [-0.1, -0.05) is 13.0 Å². The molecule has 13 nitrogen and oxygen atoms in total. The largest absolute Gasteiger partial charge is 0.505 e. The summed E-state index contributed by atoms with van der Waals surface area (Å²) in [4.78, 5) is 53.1. The standard InChI is InChI=1S/C31H36F2N4O9/c1-14-5-6-17(22(32)26(14)40)28(42)34-9-4-11-36(12-10-35-29(43)18-7-8-20(39)27(41)23(18)33)13-19-15(2)24-21(16(3)38)30(44)37(24)25(19)31(45)46/h5-8,15-16,21,24,38-41H,4,9-13H2,1-3H3,(H,34,42)(H,35,43)(H,45,46)/t15-,16+,21+,24+/m0/s1. The van der Waals surface area contributed by atoms with Crippen molar-refractivity contribution in [3.63, 3.8) is 0 Å². The van der Waals surface area contributed by atoms with Crippen LogP contribution in [0.3, 0.4) is 0 Å². The third-order valence-corrected chi connectivity index (χ3v) is 8.46. The van der Waals surface area contributed by atoms with Crippen LogP contribution in [0, 0.1) is 30.4 Å². The lowest BCUT2D eigenvalue weighted by atomic mass is 9.77. The third kappa shape index (κ3) is 6.46. The Morgan fingerprint density at radius 3 is 2.15 bits per heavy atom. The summed E-state index contributed by atoms with van der Waals surface area (Å²) < 4.78 is 28.7. The first-order valence-electron chi connectivity index (χ1n) is 14.6. The highest BCUT2D eigenvalue weighted by Crippen LogP contribution is 2.47. The first kappa shape index (κ1) is 34.1. The number of aromatic hydroxyl groups is 3. The predicted molar refractivity (Wildman–Crippen MR) is 158 cm³/mol. The minimum atomic E-state index is -1.31. The van der Waals surface area contributed by atoms with Crippen LogP contribution in [-0.2, 0) is 9.59 Å². The van der Waals surface area contributed by atoms with Gasteiger partial charge in [0.1, 0.15) is 5.70 Å². The number of nitrogens with zero attached hydrogens (tertiary/aromatic N) is 2. The summed E-state index contributed by atoms with van der Waals surface area (Å²) in [5.41, 5.74) is -0.336. The zero-order valence-corrected chi connectivity index (χ0v) is 25.4. The lowest BCUT2D eigenvalue weighted by molar-refractivity contribution is -0.163. The van der Waals surface area contributed by atoms with E-state index in [9.17, 15) is 53.5 Å². The van der Waals surface area contributed by atoms with E-state index >= 15 is 0 Å². The van der Waals surface area contributed by atoms with Crippen LogP contribution >= 0.6 is 0 Å². The Bertz CT molecular complexity index is 1600. The highest BCUT2D eigenvalue weighted by molar-refractivity contribution is 6.00. The summed E-state index contributed by atoms with van der Waals surface area (Å²) >= 11 is 0. The minimum absolute atomic E-state index is 0.0360. The van der Waals surface area contributed by atoms with E-state index in [1.54, 1.807) is 11.8 Å². The predicted octanol–water partition coefficient (Wildman–Crippen LogP) is 1.44. The SMILES string of the molecule is Cc1ccc(C(=O)NCCCN(CCNC(=O)c2ccc(O)c(O)c2F)CC2=C(C(=O)O)N3C(=O)[C@H]([C@@H](C)O)[C@H]3[C@H]2C)c(F)c1O. The normalized spacial score (nSPS) is 19.6. The molecule has 3 amide bonds. The zero-order chi connectivity index (χ0) is 34.0. The van der Waals surface area contributed by atoms with Gasteiger partial charge in [-0.3, -0.25) is 19.3 Å². The number of carbonyl (C=O) groups excluding carboxylic acids is 3. The van der Waals surface area contributed by atoms with E-state index < -0.39 is 82.1 Å². The minimum Gasteiger partial charge on any atom is -0.505 e. The van der Waals surface area contributed by atoms with Gasteiger partial charge in [-0.15, -0.1) is 0 Å². The first-order chi connectivity index (χ1) is 21.7. The number of β-lactam (4-membered cyclic amide) rings is 1. The number of carbonyl (C=O) groups is 4. The molecule has 2 aromatic carbocycles. The second-order valence-corrected chi connectivity index (χ2v) is 11.5. The quantitative estimate of drug-likeness (QED) is 0.0949.